The minimum Gasteiger partial charge on any atom is -0.446 e. The van der Waals surface area contributed by atoms with Crippen molar-refractivity contribution >= 4 is 17.1 Å². The van der Waals surface area contributed by atoms with Crippen LogP contribution in [-0.2, 0) is 6.42 Å². The van der Waals surface area contributed by atoms with Crippen molar-refractivity contribution < 1.29 is 9.53 Å². The van der Waals surface area contributed by atoms with E-state index in [0.29, 0.717) is 5.92 Å². The molecule has 0 saturated heterocycles. The number of Topliss-reactive ketones (excluding diaryl/α,β-unsaturated/α-hetero) is 1. The summed E-state index contributed by atoms with van der Waals surface area (Å²) in [5.41, 5.74) is 4.50. The molecule has 23 heavy (non-hydrogen) atoms. The van der Waals surface area contributed by atoms with Crippen molar-refractivity contribution in [3.63, 3.8) is 0 Å². The summed E-state index contributed by atoms with van der Waals surface area (Å²) in [6, 6.07) is 6.09. The highest BCUT2D eigenvalue weighted by Crippen LogP contribution is 2.44. The average molecular weight is 328 g/mol. The minimum atomic E-state index is 0.124. The van der Waals surface area contributed by atoms with Crippen molar-refractivity contribution in [2.45, 2.75) is 47.5 Å². The van der Waals surface area contributed by atoms with Gasteiger partial charge in [0.15, 0.2) is 10.8 Å². The molecule has 0 fully saturated rings. The van der Waals surface area contributed by atoms with Crippen LogP contribution < -0.4 is 4.74 Å². The van der Waals surface area contributed by atoms with Crippen LogP contribution in [0, 0.1) is 32.6 Å². The lowest BCUT2D eigenvalue weighted by Crippen LogP contribution is -2.26. The summed E-state index contributed by atoms with van der Waals surface area (Å²) < 4.78 is 6.13. The van der Waals surface area contributed by atoms with E-state index in [4.69, 9.17) is 4.74 Å². The van der Waals surface area contributed by atoms with E-state index in [1.807, 2.05) is 12.1 Å². The Morgan fingerprint density at radius 1 is 1.17 bits per heavy atom. The van der Waals surface area contributed by atoms with Gasteiger partial charge in [0.2, 0.25) is 0 Å². The van der Waals surface area contributed by atoms with Crippen LogP contribution in [0.25, 0.3) is 0 Å². The Bertz CT molecular complexity index is 755. The number of carbonyl (C=O) groups excluding carboxylic acids is 1. The molecule has 1 aliphatic rings. The van der Waals surface area contributed by atoms with Crippen LogP contribution in [0.3, 0.4) is 0 Å². The molecule has 1 unspecified atom stereocenters. The van der Waals surface area contributed by atoms with Gasteiger partial charge in [0.05, 0.1) is 5.56 Å². The van der Waals surface area contributed by atoms with Crippen LogP contribution in [0.1, 0.15) is 52.2 Å². The third kappa shape index (κ3) is 2.94. The highest BCUT2D eigenvalue weighted by molar-refractivity contribution is 7.14. The fraction of sp³-hybridized carbons (Fsp3) is 0.450. The van der Waals surface area contributed by atoms with Gasteiger partial charge in [-0.1, -0.05) is 19.9 Å². The summed E-state index contributed by atoms with van der Waals surface area (Å²) in [6.07, 6.45) is 1.95. The first kappa shape index (κ1) is 16.3. The molecule has 1 heterocycles. The number of thiophene rings is 1. The molecule has 2 aromatic rings. The zero-order valence-corrected chi connectivity index (χ0v) is 15.3. The number of benzene rings is 1. The molecule has 3 rings (SSSR count). The van der Waals surface area contributed by atoms with Gasteiger partial charge in [0, 0.05) is 10.8 Å². The summed E-state index contributed by atoms with van der Waals surface area (Å²) in [7, 11) is 0. The summed E-state index contributed by atoms with van der Waals surface area (Å²) >= 11 is 1.61. The van der Waals surface area contributed by atoms with E-state index >= 15 is 0 Å². The van der Waals surface area contributed by atoms with Crippen molar-refractivity contribution in [3.8, 4) is 10.8 Å². The van der Waals surface area contributed by atoms with Crippen LogP contribution in [0.2, 0.25) is 0 Å². The van der Waals surface area contributed by atoms with Gasteiger partial charge in [-0.3, -0.25) is 4.79 Å². The average Bonchev–Trinajstić information content (AvgIpc) is 2.80. The van der Waals surface area contributed by atoms with Crippen LogP contribution in [0.4, 0.5) is 0 Å². The summed E-state index contributed by atoms with van der Waals surface area (Å²) in [5, 5.41) is 0.774. The summed E-state index contributed by atoms with van der Waals surface area (Å²) in [6.45, 7) is 10.5. The van der Waals surface area contributed by atoms with Crippen molar-refractivity contribution in [1.29, 1.82) is 0 Å². The van der Waals surface area contributed by atoms with Crippen molar-refractivity contribution in [2.24, 2.45) is 11.8 Å². The molecule has 0 radical (unpaired) electrons. The van der Waals surface area contributed by atoms with E-state index in [0.717, 1.165) is 29.2 Å². The third-order valence-corrected chi connectivity index (χ3v) is 5.98. The second kappa shape index (κ2) is 6.12. The standard InChI is InChI=1S/C20H24O2S/c1-11(2)16-8-9-17-14(5)23-20(18(17)19(16)21)22-15-7-6-12(3)13(4)10-15/h6-7,10-11,16H,8-9H2,1-5H3. The lowest BCUT2D eigenvalue weighted by molar-refractivity contribution is 0.0862. The Labute approximate surface area is 142 Å². The fourth-order valence-corrected chi connectivity index (χ4v) is 4.38. The summed E-state index contributed by atoms with van der Waals surface area (Å²) in [5.74, 6) is 1.59. The summed E-state index contributed by atoms with van der Waals surface area (Å²) in [4.78, 5) is 14.1. The fourth-order valence-electron chi connectivity index (χ4n) is 3.31. The second-order valence-corrected chi connectivity index (χ2v) is 8.09. The van der Waals surface area contributed by atoms with Gasteiger partial charge in [-0.25, -0.2) is 0 Å². The Kier molecular flexibility index (Phi) is 4.33. The number of rotatable bonds is 3. The Hall–Kier alpha value is -1.61. The Morgan fingerprint density at radius 2 is 1.91 bits per heavy atom. The lowest BCUT2D eigenvalue weighted by Gasteiger charge is -2.25. The topological polar surface area (TPSA) is 26.3 Å². The highest BCUT2D eigenvalue weighted by atomic mass is 32.1. The highest BCUT2D eigenvalue weighted by Gasteiger charge is 2.34. The number of hydrogen-bond acceptors (Lipinski definition) is 3. The molecule has 0 bridgehead atoms. The Balaban J connectivity index is 1.98. The van der Waals surface area contributed by atoms with E-state index in [-0.39, 0.29) is 11.7 Å². The SMILES string of the molecule is Cc1ccc(Oc2sc(C)c3c2C(=O)C(C(C)C)CC3)cc1C. The molecular weight excluding hydrogens is 304 g/mol. The number of hydrogen-bond donors (Lipinski definition) is 0. The molecule has 3 heteroatoms. The van der Waals surface area contributed by atoms with E-state index in [2.05, 4.69) is 40.7 Å². The largest absolute Gasteiger partial charge is 0.446 e. The van der Waals surface area contributed by atoms with Gasteiger partial charge < -0.3 is 4.74 Å². The van der Waals surface area contributed by atoms with E-state index < -0.39 is 0 Å². The third-order valence-electron chi connectivity index (χ3n) is 4.96. The van der Waals surface area contributed by atoms with Crippen LogP contribution in [0.5, 0.6) is 10.8 Å². The maximum atomic E-state index is 12.9. The molecule has 0 N–H and O–H groups in total. The first-order chi connectivity index (χ1) is 10.9. The predicted molar refractivity (Wildman–Crippen MR) is 96.0 cm³/mol. The molecular formula is C20H24O2S. The number of aryl methyl sites for hydroxylation is 3. The second-order valence-electron chi connectivity index (χ2n) is 6.90. The minimum absolute atomic E-state index is 0.124. The first-order valence-corrected chi connectivity index (χ1v) is 9.11. The maximum Gasteiger partial charge on any atom is 0.192 e. The van der Waals surface area contributed by atoms with Gasteiger partial charge in [-0.15, -0.1) is 11.3 Å². The van der Waals surface area contributed by atoms with Crippen LogP contribution in [0.15, 0.2) is 18.2 Å². The maximum absolute atomic E-state index is 12.9. The molecule has 0 amide bonds. The lowest BCUT2D eigenvalue weighted by atomic mass is 9.78. The molecule has 1 atom stereocenters. The number of ether oxygens (including phenoxy) is 1. The molecule has 0 aliphatic heterocycles. The van der Waals surface area contributed by atoms with E-state index in [9.17, 15) is 4.79 Å². The first-order valence-electron chi connectivity index (χ1n) is 8.30. The van der Waals surface area contributed by atoms with Gasteiger partial charge in [0.1, 0.15) is 5.75 Å². The predicted octanol–water partition coefficient (Wildman–Crippen LogP) is 5.87. The number of ketones is 1. The molecule has 1 aliphatic carbocycles. The zero-order chi connectivity index (χ0) is 16.7. The van der Waals surface area contributed by atoms with Crippen molar-refractivity contribution in [1.82, 2.24) is 0 Å². The molecule has 2 nitrogen and oxygen atoms in total. The quantitative estimate of drug-likeness (QED) is 0.704. The normalized spacial score (nSPS) is 17.5. The Morgan fingerprint density at radius 3 is 2.57 bits per heavy atom. The molecule has 0 spiro atoms. The van der Waals surface area contributed by atoms with Gasteiger partial charge in [-0.2, -0.15) is 0 Å². The number of carbonyl (C=O) groups is 1. The smallest absolute Gasteiger partial charge is 0.192 e. The van der Waals surface area contributed by atoms with Gasteiger partial charge in [-0.05, 0) is 68.4 Å². The molecule has 1 aromatic carbocycles. The van der Waals surface area contributed by atoms with Gasteiger partial charge >= 0.3 is 0 Å². The van der Waals surface area contributed by atoms with Gasteiger partial charge in [0.25, 0.3) is 0 Å². The molecule has 0 saturated carbocycles. The molecule has 122 valence electrons. The molecule has 1 aromatic heterocycles. The van der Waals surface area contributed by atoms with Crippen molar-refractivity contribution in [3.05, 3.63) is 45.3 Å². The van der Waals surface area contributed by atoms with E-state index in [1.54, 1.807) is 11.3 Å². The number of fused-ring (bicyclic) bond motifs is 1. The van der Waals surface area contributed by atoms with Crippen molar-refractivity contribution in [2.75, 3.05) is 0 Å². The van der Waals surface area contributed by atoms with Crippen LogP contribution >= 0.6 is 11.3 Å². The zero-order valence-electron chi connectivity index (χ0n) is 14.5. The van der Waals surface area contributed by atoms with Crippen LogP contribution in [-0.4, -0.2) is 5.78 Å². The monoisotopic (exact) mass is 328 g/mol. The van der Waals surface area contributed by atoms with E-state index in [1.165, 1.54) is 21.6 Å².